The van der Waals surface area contributed by atoms with Gasteiger partial charge in [0.25, 0.3) is 0 Å². The third-order valence-corrected chi connectivity index (χ3v) is 2.09. The first kappa shape index (κ1) is 6.65. The molecule has 2 heteroatoms. The maximum absolute atomic E-state index is 4.39. The van der Waals surface area contributed by atoms with Crippen LogP contribution in [0.5, 0.6) is 0 Å². The third-order valence-electron chi connectivity index (χ3n) is 2.09. The molecule has 2 rings (SSSR count). The first-order valence-corrected chi connectivity index (χ1v) is 3.96. The minimum atomic E-state index is 0.457. The van der Waals surface area contributed by atoms with E-state index in [0.29, 0.717) is 6.04 Å². The molecule has 0 fully saturated rings. The van der Waals surface area contributed by atoms with Gasteiger partial charge in [-0.3, -0.25) is 0 Å². The summed E-state index contributed by atoms with van der Waals surface area (Å²) in [6.45, 7) is 4.13. The van der Waals surface area contributed by atoms with Crippen LogP contribution in [0, 0.1) is 0 Å². The predicted molar refractivity (Wildman–Crippen MR) is 46.5 cm³/mol. The molecule has 0 aromatic carbocycles. The molecule has 1 heterocycles. The molecule has 0 spiro atoms. The van der Waals surface area contributed by atoms with E-state index >= 15 is 0 Å². The molecular formula is C9H12N2. The van der Waals surface area contributed by atoms with Gasteiger partial charge >= 0.3 is 0 Å². The molecule has 0 amide bonds. The molecule has 0 radical (unpaired) electrons. The van der Waals surface area contributed by atoms with Gasteiger partial charge in [0.2, 0.25) is 0 Å². The van der Waals surface area contributed by atoms with Gasteiger partial charge in [0.15, 0.2) is 0 Å². The lowest BCUT2D eigenvalue weighted by atomic mass is 10.0. The summed E-state index contributed by atoms with van der Waals surface area (Å²) >= 11 is 0. The molecule has 0 aromatic rings. The van der Waals surface area contributed by atoms with Crippen LogP contribution in [0.3, 0.4) is 0 Å². The van der Waals surface area contributed by atoms with Crippen molar-refractivity contribution in [2.45, 2.75) is 26.3 Å². The van der Waals surface area contributed by atoms with Gasteiger partial charge in [-0.25, -0.2) is 4.99 Å². The van der Waals surface area contributed by atoms with E-state index in [4.69, 9.17) is 0 Å². The van der Waals surface area contributed by atoms with Crippen LogP contribution in [-0.4, -0.2) is 11.9 Å². The molecule has 58 valence electrons. The van der Waals surface area contributed by atoms with Crippen LogP contribution < -0.4 is 5.32 Å². The van der Waals surface area contributed by atoms with Crippen LogP contribution in [0.4, 0.5) is 0 Å². The number of hydrogen-bond donors (Lipinski definition) is 1. The fourth-order valence-corrected chi connectivity index (χ4v) is 1.54. The van der Waals surface area contributed by atoms with Gasteiger partial charge < -0.3 is 5.32 Å². The largest absolute Gasteiger partial charge is 0.365 e. The molecule has 1 N–H and O–H groups in total. The van der Waals surface area contributed by atoms with Crippen molar-refractivity contribution in [2.75, 3.05) is 0 Å². The zero-order valence-electron chi connectivity index (χ0n) is 6.89. The van der Waals surface area contributed by atoms with Crippen LogP contribution in [0.25, 0.3) is 0 Å². The average molecular weight is 148 g/mol. The normalized spacial score (nSPS) is 28.2. The quantitative estimate of drug-likeness (QED) is 0.554. The molecule has 2 nitrogen and oxygen atoms in total. The number of nitrogens with zero attached hydrogens (tertiary/aromatic N) is 1. The van der Waals surface area contributed by atoms with Crippen molar-refractivity contribution in [3.8, 4) is 0 Å². The number of nitrogens with one attached hydrogen (secondary N) is 1. The fourth-order valence-electron chi connectivity index (χ4n) is 1.54. The number of allylic oxidation sites excluding steroid dienone is 2. The van der Waals surface area contributed by atoms with Crippen molar-refractivity contribution < 1.29 is 0 Å². The number of aliphatic imine (C=N–C) groups is 1. The highest BCUT2D eigenvalue weighted by atomic mass is 15.1. The van der Waals surface area contributed by atoms with Crippen molar-refractivity contribution in [3.63, 3.8) is 0 Å². The SMILES string of the molecule is CC1=CCC2NC(C)=NC2=C1. The molecule has 0 bridgehead atoms. The van der Waals surface area contributed by atoms with Gasteiger partial charge in [-0.15, -0.1) is 0 Å². The van der Waals surface area contributed by atoms with Gasteiger partial charge in [-0.05, 0) is 26.3 Å². The Morgan fingerprint density at radius 2 is 2.36 bits per heavy atom. The Bertz CT molecular complexity index is 271. The van der Waals surface area contributed by atoms with Crippen molar-refractivity contribution in [1.82, 2.24) is 5.32 Å². The Hall–Kier alpha value is -1.05. The maximum atomic E-state index is 4.39. The molecule has 11 heavy (non-hydrogen) atoms. The van der Waals surface area contributed by atoms with E-state index in [1.165, 1.54) is 11.3 Å². The van der Waals surface area contributed by atoms with E-state index in [2.05, 4.69) is 29.4 Å². The predicted octanol–water partition coefficient (Wildman–Crippen LogP) is 1.61. The summed E-state index contributed by atoms with van der Waals surface area (Å²) in [5.41, 5.74) is 2.53. The lowest BCUT2D eigenvalue weighted by Gasteiger charge is -2.14. The summed E-state index contributed by atoms with van der Waals surface area (Å²) in [7, 11) is 0. The summed E-state index contributed by atoms with van der Waals surface area (Å²) in [4.78, 5) is 4.39. The van der Waals surface area contributed by atoms with E-state index in [9.17, 15) is 0 Å². The molecule has 1 atom stereocenters. The zero-order valence-corrected chi connectivity index (χ0v) is 6.89. The van der Waals surface area contributed by atoms with Crippen LogP contribution in [0.1, 0.15) is 20.3 Å². The first-order valence-electron chi connectivity index (χ1n) is 3.96. The van der Waals surface area contributed by atoms with Gasteiger partial charge in [0, 0.05) is 0 Å². The monoisotopic (exact) mass is 148 g/mol. The summed E-state index contributed by atoms with van der Waals surface area (Å²) in [6.07, 6.45) is 5.48. The van der Waals surface area contributed by atoms with Crippen LogP contribution in [-0.2, 0) is 0 Å². The van der Waals surface area contributed by atoms with Crippen molar-refractivity contribution in [3.05, 3.63) is 23.4 Å². The highest BCUT2D eigenvalue weighted by Gasteiger charge is 2.21. The Labute approximate surface area is 66.7 Å². The van der Waals surface area contributed by atoms with Gasteiger partial charge in [0.1, 0.15) is 0 Å². The minimum Gasteiger partial charge on any atom is -0.365 e. The summed E-state index contributed by atoms with van der Waals surface area (Å²) in [6, 6.07) is 0.457. The van der Waals surface area contributed by atoms with Crippen molar-refractivity contribution in [1.29, 1.82) is 0 Å². The fraction of sp³-hybridized carbons (Fsp3) is 0.444. The molecule has 0 saturated heterocycles. The van der Waals surface area contributed by atoms with Gasteiger partial charge in [0.05, 0.1) is 17.6 Å². The van der Waals surface area contributed by atoms with Crippen molar-refractivity contribution >= 4 is 5.84 Å². The van der Waals surface area contributed by atoms with Crippen LogP contribution in [0.2, 0.25) is 0 Å². The molecule has 1 aliphatic heterocycles. The summed E-state index contributed by atoms with van der Waals surface area (Å²) in [5.74, 6) is 1.05. The molecule has 1 aliphatic carbocycles. The number of amidine groups is 1. The number of fused-ring (bicyclic) bond motifs is 1. The Kier molecular flexibility index (Phi) is 1.34. The second-order valence-corrected chi connectivity index (χ2v) is 3.15. The third kappa shape index (κ3) is 1.09. The van der Waals surface area contributed by atoms with E-state index in [1.807, 2.05) is 6.92 Å². The molecular weight excluding hydrogens is 136 g/mol. The van der Waals surface area contributed by atoms with E-state index in [-0.39, 0.29) is 0 Å². The standard InChI is InChI=1S/C9H12N2/c1-6-3-4-8-9(5-6)11-7(2)10-8/h3,5,8H,4H2,1-2H3,(H,10,11). The van der Waals surface area contributed by atoms with E-state index in [0.717, 1.165) is 12.3 Å². The topological polar surface area (TPSA) is 24.4 Å². The highest BCUT2D eigenvalue weighted by molar-refractivity contribution is 5.84. The molecule has 1 unspecified atom stereocenters. The average Bonchev–Trinajstić information content (AvgIpc) is 2.27. The Balaban J connectivity index is 2.31. The summed E-state index contributed by atoms with van der Waals surface area (Å²) in [5, 5.41) is 3.31. The van der Waals surface area contributed by atoms with Crippen LogP contribution >= 0.6 is 0 Å². The molecule has 0 saturated carbocycles. The van der Waals surface area contributed by atoms with Crippen molar-refractivity contribution in [2.24, 2.45) is 4.99 Å². The van der Waals surface area contributed by atoms with E-state index in [1.54, 1.807) is 0 Å². The second-order valence-electron chi connectivity index (χ2n) is 3.15. The maximum Gasteiger partial charge on any atom is 0.0993 e. The smallest absolute Gasteiger partial charge is 0.0993 e. The minimum absolute atomic E-state index is 0.457. The lowest BCUT2D eigenvalue weighted by molar-refractivity contribution is 0.716. The first-order chi connectivity index (χ1) is 5.25. The number of rotatable bonds is 0. The molecule has 0 aromatic heterocycles. The lowest BCUT2D eigenvalue weighted by Crippen LogP contribution is -2.28. The Morgan fingerprint density at radius 3 is 3.18 bits per heavy atom. The van der Waals surface area contributed by atoms with E-state index < -0.39 is 0 Å². The summed E-state index contributed by atoms with van der Waals surface area (Å²) < 4.78 is 0. The van der Waals surface area contributed by atoms with Gasteiger partial charge in [-0.2, -0.15) is 0 Å². The molecule has 2 aliphatic rings. The highest BCUT2D eigenvalue weighted by Crippen LogP contribution is 2.22. The van der Waals surface area contributed by atoms with Gasteiger partial charge in [-0.1, -0.05) is 11.6 Å². The second kappa shape index (κ2) is 2.22. The zero-order chi connectivity index (χ0) is 7.84. The van der Waals surface area contributed by atoms with Crippen LogP contribution in [0.15, 0.2) is 28.4 Å². The Morgan fingerprint density at radius 1 is 1.55 bits per heavy atom. The number of hydrogen-bond acceptors (Lipinski definition) is 2.